The number of benzene rings is 2. The SMILES string of the molecule is COCCSc1ccccc1C(=O)Nc1nnc(CC(C)c2ccccc2)s1. The first-order valence-electron chi connectivity index (χ1n) is 9.07. The second-order valence-electron chi connectivity index (χ2n) is 6.31. The molecule has 1 N–H and O–H groups in total. The largest absolute Gasteiger partial charge is 0.384 e. The number of carbonyl (C=O) groups excluding carboxylic acids is 1. The minimum absolute atomic E-state index is 0.167. The van der Waals surface area contributed by atoms with E-state index in [1.165, 1.54) is 16.9 Å². The van der Waals surface area contributed by atoms with E-state index >= 15 is 0 Å². The molecule has 1 heterocycles. The van der Waals surface area contributed by atoms with Crippen LogP contribution in [0.25, 0.3) is 0 Å². The van der Waals surface area contributed by atoms with Gasteiger partial charge >= 0.3 is 0 Å². The minimum atomic E-state index is -0.167. The van der Waals surface area contributed by atoms with E-state index < -0.39 is 0 Å². The summed E-state index contributed by atoms with van der Waals surface area (Å²) in [6.07, 6.45) is 0.793. The van der Waals surface area contributed by atoms with E-state index in [1.807, 2.05) is 42.5 Å². The maximum absolute atomic E-state index is 12.7. The third-order valence-electron chi connectivity index (χ3n) is 4.21. The van der Waals surface area contributed by atoms with Crippen LogP contribution in [0.5, 0.6) is 0 Å². The number of hydrogen-bond donors (Lipinski definition) is 1. The molecule has 0 fully saturated rings. The first kappa shape index (κ1) is 20.5. The molecule has 7 heteroatoms. The summed E-state index contributed by atoms with van der Waals surface area (Å²) >= 11 is 3.03. The number of methoxy groups -OCH3 is 1. The van der Waals surface area contributed by atoms with E-state index in [2.05, 4.69) is 34.6 Å². The maximum atomic E-state index is 12.7. The highest BCUT2D eigenvalue weighted by molar-refractivity contribution is 7.99. The lowest BCUT2D eigenvalue weighted by molar-refractivity contribution is 0.102. The van der Waals surface area contributed by atoms with Crippen LogP contribution < -0.4 is 5.32 Å². The lowest BCUT2D eigenvalue weighted by Crippen LogP contribution is -2.13. The number of anilines is 1. The summed E-state index contributed by atoms with van der Waals surface area (Å²) in [5.74, 6) is 0.969. The highest BCUT2D eigenvalue weighted by Crippen LogP contribution is 2.26. The van der Waals surface area contributed by atoms with Crippen molar-refractivity contribution in [1.29, 1.82) is 0 Å². The summed E-state index contributed by atoms with van der Waals surface area (Å²) in [6, 6.07) is 17.9. The molecule has 1 unspecified atom stereocenters. The molecule has 0 saturated carbocycles. The Morgan fingerprint density at radius 2 is 1.89 bits per heavy atom. The van der Waals surface area contributed by atoms with Crippen LogP contribution in [0.15, 0.2) is 59.5 Å². The number of nitrogens with one attached hydrogen (secondary N) is 1. The van der Waals surface area contributed by atoms with Crippen molar-refractivity contribution in [2.45, 2.75) is 24.2 Å². The minimum Gasteiger partial charge on any atom is -0.384 e. The van der Waals surface area contributed by atoms with Crippen molar-refractivity contribution in [3.8, 4) is 0 Å². The van der Waals surface area contributed by atoms with Crippen LogP contribution in [0, 0.1) is 0 Å². The van der Waals surface area contributed by atoms with Gasteiger partial charge in [0.1, 0.15) is 5.01 Å². The van der Waals surface area contributed by atoms with Gasteiger partial charge in [0.05, 0.1) is 12.2 Å². The molecular formula is C21H23N3O2S2. The highest BCUT2D eigenvalue weighted by atomic mass is 32.2. The molecule has 2 aromatic carbocycles. The van der Waals surface area contributed by atoms with Gasteiger partial charge in [0.15, 0.2) is 0 Å². The zero-order valence-electron chi connectivity index (χ0n) is 15.9. The van der Waals surface area contributed by atoms with Crippen LogP contribution in [-0.2, 0) is 11.2 Å². The second kappa shape index (κ2) is 10.4. The molecule has 0 spiro atoms. The Labute approximate surface area is 173 Å². The monoisotopic (exact) mass is 413 g/mol. The molecular weight excluding hydrogens is 390 g/mol. The second-order valence-corrected chi connectivity index (χ2v) is 8.51. The van der Waals surface area contributed by atoms with Gasteiger partial charge in [0.2, 0.25) is 5.13 Å². The Morgan fingerprint density at radius 3 is 2.68 bits per heavy atom. The fraction of sp³-hybridized carbons (Fsp3) is 0.286. The van der Waals surface area contributed by atoms with Gasteiger partial charge in [-0.3, -0.25) is 10.1 Å². The molecule has 0 bridgehead atoms. The predicted molar refractivity (Wildman–Crippen MR) is 115 cm³/mol. The fourth-order valence-electron chi connectivity index (χ4n) is 2.73. The van der Waals surface area contributed by atoms with E-state index in [0.29, 0.717) is 23.2 Å². The number of rotatable bonds is 9. The Kier molecular flexibility index (Phi) is 7.59. The molecule has 28 heavy (non-hydrogen) atoms. The predicted octanol–water partition coefficient (Wildman–Crippen LogP) is 4.88. The first-order chi connectivity index (χ1) is 13.7. The molecule has 1 atom stereocenters. The van der Waals surface area contributed by atoms with E-state index in [0.717, 1.165) is 22.1 Å². The van der Waals surface area contributed by atoms with Gasteiger partial charge in [-0.05, 0) is 23.6 Å². The van der Waals surface area contributed by atoms with E-state index in [-0.39, 0.29) is 5.91 Å². The van der Waals surface area contributed by atoms with Crippen molar-refractivity contribution in [2.24, 2.45) is 0 Å². The molecule has 0 aliphatic heterocycles. The number of carbonyl (C=O) groups is 1. The summed E-state index contributed by atoms with van der Waals surface area (Å²) in [5, 5.41) is 12.7. The molecule has 3 rings (SSSR count). The average Bonchev–Trinajstić information content (AvgIpc) is 3.16. The van der Waals surface area contributed by atoms with Gasteiger partial charge in [-0.1, -0.05) is 60.7 Å². The normalized spacial score (nSPS) is 11.9. The summed E-state index contributed by atoms with van der Waals surface area (Å²) in [7, 11) is 1.67. The van der Waals surface area contributed by atoms with E-state index in [4.69, 9.17) is 4.74 Å². The zero-order chi connectivity index (χ0) is 19.8. The molecule has 5 nitrogen and oxygen atoms in total. The Balaban J connectivity index is 1.63. The maximum Gasteiger partial charge on any atom is 0.258 e. The van der Waals surface area contributed by atoms with Crippen LogP contribution in [0.2, 0.25) is 0 Å². The van der Waals surface area contributed by atoms with Gasteiger partial charge < -0.3 is 4.74 Å². The molecule has 1 amide bonds. The molecule has 0 aliphatic rings. The van der Waals surface area contributed by atoms with Crippen molar-refractivity contribution in [1.82, 2.24) is 10.2 Å². The average molecular weight is 414 g/mol. The summed E-state index contributed by atoms with van der Waals surface area (Å²) < 4.78 is 5.09. The molecule has 0 saturated heterocycles. The lowest BCUT2D eigenvalue weighted by atomic mass is 9.98. The summed E-state index contributed by atoms with van der Waals surface area (Å²) in [4.78, 5) is 13.6. The van der Waals surface area contributed by atoms with E-state index in [1.54, 1.807) is 18.9 Å². The number of hydrogen-bond acceptors (Lipinski definition) is 6. The standard InChI is InChI=1S/C21H23N3O2S2/c1-15(16-8-4-3-5-9-16)14-19-23-24-21(28-19)22-20(25)17-10-6-7-11-18(17)27-13-12-26-2/h3-11,15H,12-14H2,1-2H3,(H,22,24,25). The third-order valence-corrected chi connectivity index (χ3v) is 6.11. The van der Waals surface area contributed by atoms with E-state index in [9.17, 15) is 4.79 Å². The zero-order valence-corrected chi connectivity index (χ0v) is 17.6. The van der Waals surface area contributed by atoms with Gasteiger partial charge in [-0.2, -0.15) is 0 Å². The molecule has 0 aliphatic carbocycles. The lowest BCUT2D eigenvalue weighted by Gasteiger charge is -2.09. The van der Waals surface area contributed by atoms with Gasteiger partial charge in [0.25, 0.3) is 5.91 Å². The molecule has 1 aromatic heterocycles. The Bertz CT molecular complexity index is 899. The Morgan fingerprint density at radius 1 is 1.14 bits per heavy atom. The van der Waals surface area contributed by atoms with Gasteiger partial charge in [0, 0.05) is 24.2 Å². The molecule has 146 valence electrons. The van der Waals surface area contributed by atoms with Crippen molar-refractivity contribution in [3.63, 3.8) is 0 Å². The van der Waals surface area contributed by atoms with Crippen LogP contribution in [0.3, 0.4) is 0 Å². The fourth-order valence-corrected chi connectivity index (χ4v) is 4.55. The van der Waals surface area contributed by atoms with Crippen LogP contribution in [0.4, 0.5) is 5.13 Å². The molecule has 0 radical (unpaired) electrons. The van der Waals surface area contributed by atoms with Crippen molar-refractivity contribution >= 4 is 34.1 Å². The summed E-state index contributed by atoms with van der Waals surface area (Å²) in [6.45, 7) is 2.81. The summed E-state index contributed by atoms with van der Waals surface area (Å²) in [5.41, 5.74) is 1.91. The number of amides is 1. The van der Waals surface area contributed by atoms with Crippen LogP contribution >= 0.6 is 23.1 Å². The quantitative estimate of drug-likeness (QED) is 0.400. The van der Waals surface area contributed by atoms with Crippen molar-refractivity contribution < 1.29 is 9.53 Å². The van der Waals surface area contributed by atoms with Crippen molar-refractivity contribution in [2.75, 3.05) is 24.8 Å². The molecule has 3 aromatic rings. The van der Waals surface area contributed by atoms with Crippen molar-refractivity contribution in [3.05, 3.63) is 70.7 Å². The number of thioether (sulfide) groups is 1. The van der Waals surface area contributed by atoms with Crippen LogP contribution in [0.1, 0.15) is 33.8 Å². The topological polar surface area (TPSA) is 64.1 Å². The highest BCUT2D eigenvalue weighted by Gasteiger charge is 2.15. The smallest absolute Gasteiger partial charge is 0.258 e. The van der Waals surface area contributed by atoms with Crippen LogP contribution in [-0.4, -0.2) is 35.6 Å². The number of aromatic nitrogens is 2. The third kappa shape index (κ3) is 5.64. The van der Waals surface area contributed by atoms with Gasteiger partial charge in [-0.15, -0.1) is 22.0 Å². The van der Waals surface area contributed by atoms with Gasteiger partial charge in [-0.25, -0.2) is 0 Å². The Hall–Kier alpha value is -2.22. The number of ether oxygens (including phenoxy) is 1. The number of nitrogens with zero attached hydrogens (tertiary/aromatic N) is 2. The first-order valence-corrected chi connectivity index (χ1v) is 10.9.